The Labute approximate surface area is 177 Å². The maximum absolute atomic E-state index is 13.5. The molecule has 158 valence electrons. The number of halogens is 1. The first-order chi connectivity index (χ1) is 14.9. The van der Waals surface area contributed by atoms with Crippen LogP contribution in [0.4, 0.5) is 10.1 Å². The van der Waals surface area contributed by atoms with Crippen LogP contribution < -0.4 is 14.2 Å². The minimum absolute atomic E-state index is 0.0339. The molecule has 1 N–H and O–H groups in total. The number of sulfonamides is 1. The van der Waals surface area contributed by atoms with Gasteiger partial charge in [0.15, 0.2) is 5.82 Å². The molecule has 0 amide bonds. The lowest BCUT2D eigenvalue weighted by atomic mass is 10.3. The molecule has 0 fully saturated rings. The summed E-state index contributed by atoms with van der Waals surface area (Å²) >= 11 is 0. The van der Waals surface area contributed by atoms with Crippen molar-refractivity contribution in [1.82, 2.24) is 19.7 Å². The van der Waals surface area contributed by atoms with Crippen molar-refractivity contribution < 1.29 is 22.3 Å². The predicted molar refractivity (Wildman–Crippen MR) is 109 cm³/mol. The second-order valence-corrected chi connectivity index (χ2v) is 7.88. The van der Waals surface area contributed by atoms with Crippen molar-refractivity contribution in [1.29, 1.82) is 0 Å². The van der Waals surface area contributed by atoms with Crippen LogP contribution in [-0.2, 0) is 10.0 Å². The number of imidazole rings is 1. The van der Waals surface area contributed by atoms with Crippen LogP contribution in [0.25, 0.3) is 5.82 Å². The van der Waals surface area contributed by atoms with Gasteiger partial charge in [0.25, 0.3) is 10.0 Å². The summed E-state index contributed by atoms with van der Waals surface area (Å²) in [7, 11) is -2.75. The molecule has 9 nitrogen and oxygen atoms in total. The Morgan fingerprint density at radius 3 is 2.48 bits per heavy atom. The van der Waals surface area contributed by atoms with E-state index < -0.39 is 15.8 Å². The van der Waals surface area contributed by atoms with Crippen LogP contribution in [0.15, 0.2) is 78.2 Å². The molecule has 2 aromatic carbocycles. The van der Waals surface area contributed by atoms with Crippen molar-refractivity contribution in [3.05, 3.63) is 79.1 Å². The minimum atomic E-state index is -4.06. The van der Waals surface area contributed by atoms with Crippen molar-refractivity contribution in [3.8, 4) is 23.2 Å². The number of nitrogens with one attached hydrogen (secondary N) is 1. The molecule has 0 atom stereocenters. The minimum Gasteiger partial charge on any atom is -0.495 e. The Morgan fingerprint density at radius 1 is 1.03 bits per heavy atom. The molecule has 11 heteroatoms. The van der Waals surface area contributed by atoms with Gasteiger partial charge in [-0.2, -0.15) is 0 Å². The summed E-state index contributed by atoms with van der Waals surface area (Å²) in [5.41, 5.74) is 0.264. The van der Waals surface area contributed by atoms with E-state index in [1.54, 1.807) is 47.6 Å². The lowest BCUT2D eigenvalue weighted by Crippen LogP contribution is -2.14. The van der Waals surface area contributed by atoms with Crippen molar-refractivity contribution in [2.24, 2.45) is 0 Å². The Bertz CT molecular complexity index is 1280. The van der Waals surface area contributed by atoms with Crippen molar-refractivity contribution in [2.75, 3.05) is 11.8 Å². The van der Waals surface area contributed by atoms with Crippen molar-refractivity contribution in [2.45, 2.75) is 4.90 Å². The fraction of sp³-hybridized carbons (Fsp3) is 0.0500. The summed E-state index contributed by atoms with van der Waals surface area (Å²) in [6, 6.07) is 12.8. The molecule has 2 heterocycles. The molecule has 0 unspecified atom stereocenters. The van der Waals surface area contributed by atoms with E-state index in [9.17, 15) is 12.8 Å². The molecule has 0 saturated heterocycles. The Morgan fingerprint density at radius 2 is 1.84 bits per heavy atom. The summed E-state index contributed by atoms with van der Waals surface area (Å²) in [4.78, 5) is 3.64. The van der Waals surface area contributed by atoms with Gasteiger partial charge in [0, 0.05) is 24.1 Å². The van der Waals surface area contributed by atoms with Crippen LogP contribution in [-0.4, -0.2) is 35.3 Å². The number of anilines is 1. The zero-order chi connectivity index (χ0) is 21.8. The molecule has 0 spiro atoms. The van der Waals surface area contributed by atoms with E-state index in [4.69, 9.17) is 9.47 Å². The normalized spacial score (nSPS) is 11.2. The molecule has 0 saturated carbocycles. The molecule has 4 rings (SSSR count). The van der Waals surface area contributed by atoms with Crippen LogP contribution >= 0.6 is 0 Å². The first-order valence-corrected chi connectivity index (χ1v) is 10.4. The first-order valence-electron chi connectivity index (χ1n) is 8.91. The lowest BCUT2D eigenvalue weighted by molar-refractivity contribution is 0.401. The summed E-state index contributed by atoms with van der Waals surface area (Å²) < 4.78 is 53.5. The molecular weight excluding hydrogens is 425 g/mol. The highest BCUT2D eigenvalue weighted by molar-refractivity contribution is 7.92. The molecule has 0 radical (unpaired) electrons. The topological polar surface area (TPSA) is 108 Å². The van der Waals surface area contributed by atoms with E-state index in [2.05, 4.69) is 19.9 Å². The quantitative estimate of drug-likeness (QED) is 0.468. The molecule has 4 aromatic rings. The molecule has 0 aliphatic carbocycles. The Kier molecular flexibility index (Phi) is 5.50. The van der Waals surface area contributed by atoms with E-state index in [0.29, 0.717) is 11.6 Å². The number of ether oxygens (including phenoxy) is 2. The Hall–Kier alpha value is -3.99. The van der Waals surface area contributed by atoms with E-state index in [1.807, 2.05) is 0 Å². The number of benzene rings is 2. The summed E-state index contributed by atoms with van der Waals surface area (Å²) in [6.07, 6.45) is 4.97. The van der Waals surface area contributed by atoms with Gasteiger partial charge in [0.05, 0.1) is 7.11 Å². The lowest BCUT2D eigenvalue weighted by Gasteiger charge is -2.12. The van der Waals surface area contributed by atoms with Gasteiger partial charge < -0.3 is 9.47 Å². The number of methoxy groups -OCH3 is 1. The summed E-state index contributed by atoms with van der Waals surface area (Å²) in [6.45, 7) is 0. The van der Waals surface area contributed by atoms with E-state index >= 15 is 0 Å². The Balaban J connectivity index is 1.46. The molecule has 2 aromatic heterocycles. The van der Waals surface area contributed by atoms with Crippen LogP contribution in [0.5, 0.6) is 17.4 Å². The average Bonchev–Trinajstić information content (AvgIpc) is 3.30. The maximum atomic E-state index is 13.5. The smallest absolute Gasteiger partial charge is 0.265 e. The fourth-order valence-corrected chi connectivity index (χ4v) is 3.92. The van der Waals surface area contributed by atoms with Crippen molar-refractivity contribution in [3.63, 3.8) is 0 Å². The third kappa shape index (κ3) is 4.61. The van der Waals surface area contributed by atoms with Crippen LogP contribution in [0.3, 0.4) is 0 Å². The maximum Gasteiger partial charge on any atom is 0.265 e. The summed E-state index contributed by atoms with van der Waals surface area (Å²) in [5.74, 6) is 0.622. The van der Waals surface area contributed by atoms with Gasteiger partial charge in [0.2, 0.25) is 5.88 Å². The van der Waals surface area contributed by atoms with E-state index in [0.717, 1.165) is 12.1 Å². The third-order valence-electron chi connectivity index (χ3n) is 4.14. The van der Waals surface area contributed by atoms with Gasteiger partial charge in [-0.1, -0.05) is 0 Å². The zero-order valence-electron chi connectivity index (χ0n) is 16.1. The second-order valence-electron chi connectivity index (χ2n) is 6.23. The monoisotopic (exact) mass is 441 g/mol. The highest BCUT2D eigenvalue weighted by Gasteiger charge is 2.20. The van der Waals surface area contributed by atoms with Gasteiger partial charge in [-0.25, -0.2) is 17.8 Å². The fourth-order valence-electron chi connectivity index (χ4n) is 2.68. The van der Waals surface area contributed by atoms with Gasteiger partial charge >= 0.3 is 0 Å². The molecule has 0 aliphatic rings. The number of nitrogens with zero attached hydrogens (tertiary/aromatic N) is 4. The van der Waals surface area contributed by atoms with Gasteiger partial charge in [-0.15, -0.1) is 10.2 Å². The van der Waals surface area contributed by atoms with E-state index in [-0.39, 0.29) is 22.2 Å². The van der Waals surface area contributed by atoms with Gasteiger partial charge in [-0.3, -0.25) is 9.29 Å². The molecular formula is C20H16FN5O4S. The van der Waals surface area contributed by atoms with Gasteiger partial charge in [-0.05, 0) is 48.5 Å². The standard InChI is InChI=1S/C20H16FN5O4S/c1-29-17-7-2-14(21)12-18(17)31(27,28)25-15-3-5-16(6-4-15)30-20-9-8-19(23-24-20)26-11-10-22-13-26/h2-13,25H,1H3. The molecule has 31 heavy (non-hydrogen) atoms. The van der Waals surface area contributed by atoms with E-state index in [1.165, 1.54) is 25.3 Å². The number of rotatable bonds is 7. The largest absolute Gasteiger partial charge is 0.495 e. The SMILES string of the molecule is COc1ccc(F)cc1S(=O)(=O)Nc1ccc(Oc2ccc(-n3ccnc3)nn2)cc1. The highest BCUT2D eigenvalue weighted by atomic mass is 32.2. The van der Waals surface area contributed by atoms with Crippen LogP contribution in [0.2, 0.25) is 0 Å². The zero-order valence-corrected chi connectivity index (χ0v) is 17.0. The predicted octanol–water partition coefficient (Wildman–Crippen LogP) is 3.40. The number of aromatic nitrogens is 4. The number of hydrogen-bond acceptors (Lipinski definition) is 7. The van der Waals surface area contributed by atoms with Crippen LogP contribution in [0, 0.1) is 5.82 Å². The second kappa shape index (κ2) is 8.40. The third-order valence-corrected chi connectivity index (χ3v) is 5.54. The average molecular weight is 441 g/mol. The first kappa shape index (κ1) is 20.3. The van der Waals surface area contributed by atoms with Crippen molar-refractivity contribution >= 4 is 15.7 Å². The molecule has 0 bridgehead atoms. The number of hydrogen-bond donors (Lipinski definition) is 1. The summed E-state index contributed by atoms with van der Waals surface area (Å²) in [5, 5.41) is 8.05. The van der Waals surface area contributed by atoms with Gasteiger partial charge in [0.1, 0.15) is 28.5 Å². The molecule has 0 aliphatic heterocycles. The highest BCUT2D eigenvalue weighted by Crippen LogP contribution is 2.28. The van der Waals surface area contributed by atoms with Crippen LogP contribution in [0.1, 0.15) is 0 Å².